The number of carbonyl (C=O) groups is 2. The van der Waals surface area contributed by atoms with Crippen molar-refractivity contribution in [3.63, 3.8) is 0 Å². The molecule has 0 aliphatic carbocycles. The zero-order chi connectivity index (χ0) is 17.5. The molecule has 0 bridgehead atoms. The molecule has 0 aromatic carbocycles. The Morgan fingerprint density at radius 1 is 0.815 bits per heavy atom. The standard InChI is InChI=1S/C11H16O5.C6H10.5CH4/c1-7(2)10(13)15-5-9(12)6-16-11(14)8(3)4;1-3-5-6-4-2;;;;;/h9,12H,1,3,5-6H2,2,4H3;3-4H,1-2,5-6H2;5*1H4. The zero-order valence-corrected chi connectivity index (χ0v) is 13.5. The molecular formula is C22H46O5. The van der Waals surface area contributed by atoms with Gasteiger partial charge in [-0.05, 0) is 26.7 Å². The maximum Gasteiger partial charge on any atom is 0.333 e. The molecule has 5 heteroatoms. The van der Waals surface area contributed by atoms with Crippen LogP contribution in [0.5, 0.6) is 0 Å². The van der Waals surface area contributed by atoms with Gasteiger partial charge in [0.2, 0.25) is 0 Å². The molecule has 0 saturated heterocycles. The van der Waals surface area contributed by atoms with Gasteiger partial charge in [0.15, 0.2) is 0 Å². The first-order chi connectivity index (χ1) is 10.3. The van der Waals surface area contributed by atoms with Crippen LogP contribution in [-0.2, 0) is 19.1 Å². The lowest BCUT2D eigenvalue weighted by atomic mass is 10.3. The van der Waals surface area contributed by atoms with Crippen molar-refractivity contribution in [3.8, 4) is 0 Å². The minimum Gasteiger partial charge on any atom is -0.459 e. The van der Waals surface area contributed by atoms with Crippen molar-refractivity contribution < 1.29 is 24.2 Å². The van der Waals surface area contributed by atoms with E-state index in [4.69, 9.17) is 0 Å². The highest BCUT2D eigenvalue weighted by Crippen LogP contribution is 1.97. The minimum absolute atomic E-state index is 0. The van der Waals surface area contributed by atoms with E-state index in [2.05, 4.69) is 35.8 Å². The second-order valence-corrected chi connectivity index (χ2v) is 4.57. The number of aliphatic hydroxyl groups excluding tert-OH is 1. The van der Waals surface area contributed by atoms with Gasteiger partial charge in [0.1, 0.15) is 19.3 Å². The Balaban J connectivity index is -0.0000000641. The summed E-state index contributed by atoms with van der Waals surface area (Å²) in [6.45, 7) is 16.4. The monoisotopic (exact) mass is 390 g/mol. The van der Waals surface area contributed by atoms with Gasteiger partial charge in [-0.15, -0.1) is 13.2 Å². The number of ether oxygens (including phenoxy) is 2. The molecule has 5 nitrogen and oxygen atoms in total. The topological polar surface area (TPSA) is 72.8 Å². The Morgan fingerprint density at radius 2 is 1.07 bits per heavy atom. The molecule has 0 fully saturated rings. The van der Waals surface area contributed by atoms with E-state index in [0.717, 1.165) is 12.8 Å². The lowest BCUT2D eigenvalue weighted by molar-refractivity contribution is -0.147. The summed E-state index contributed by atoms with van der Waals surface area (Å²) in [5, 5.41) is 9.30. The van der Waals surface area contributed by atoms with Crippen LogP contribution in [0.4, 0.5) is 0 Å². The summed E-state index contributed by atoms with van der Waals surface area (Å²) >= 11 is 0. The van der Waals surface area contributed by atoms with Crippen LogP contribution < -0.4 is 0 Å². The van der Waals surface area contributed by atoms with Gasteiger partial charge < -0.3 is 14.6 Å². The van der Waals surface area contributed by atoms with Gasteiger partial charge in [-0.25, -0.2) is 9.59 Å². The molecule has 0 aromatic heterocycles. The first-order valence-corrected chi connectivity index (χ1v) is 6.81. The Labute approximate surface area is 169 Å². The number of aliphatic hydroxyl groups is 1. The first kappa shape index (κ1) is 44.4. The van der Waals surface area contributed by atoms with Crippen LogP contribution in [0.25, 0.3) is 0 Å². The number of hydrogen-bond donors (Lipinski definition) is 1. The van der Waals surface area contributed by atoms with E-state index in [9.17, 15) is 14.7 Å². The van der Waals surface area contributed by atoms with Crippen LogP contribution in [0.15, 0.2) is 49.6 Å². The molecule has 164 valence electrons. The fraction of sp³-hybridized carbons (Fsp3) is 0.545. The van der Waals surface area contributed by atoms with Gasteiger partial charge >= 0.3 is 11.9 Å². The molecule has 0 saturated carbocycles. The molecule has 0 unspecified atom stereocenters. The summed E-state index contributed by atoms with van der Waals surface area (Å²) in [6, 6.07) is 0. The Hall–Kier alpha value is -2.14. The fourth-order valence-corrected chi connectivity index (χ4v) is 0.874. The highest BCUT2D eigenvalue weighted by atomic mass is 16.6. The molecule has 0 rings (SSSR count). The molecule has 0 atom stereocenters. The predicted molar refractivity (Wildman–Crippen MR) is 121 cm³/mol. The normalized spacial score (nSPS) is 7.41. The summed E-state index contributed by atoms with van der Waals surface area (Å²) in [5.74, 6) is -1.18. The maximum absolute atomic E-state index is 10.9. The molecule has 0 aliphatic heterocycles. The van der Waals surface area contributed by atoms with Gasteiger partial charge in [0.05, 0.1) is 0 Å². The van der Waals surface area contributed by atoms with E-state index in [1.807, 2.05) is 12.2 Å². The van der Waals surface area contributed by atoms with Crippen molar-refractivity contribution in [3.05, 3.63) is 49.6 Å². The molecule has 27 heavy (non-hydrogen) atoms. The molecule has 0 heterocycles. The fourth-order valence-electron chi connectivity index (χ4n) is 0.874. The molecule has 0 aromatic rings. The van der Waals surface area contributed by atoms with Crippen LogP contribution in [0.3, 0.4) is 0 Å². The van der Waals surface area contributed by atoms with E-state index in [0.29, 0.717) is 0 Å². The van der Waals surface area contributed by atoms with Crippen LogP contribution in [0.1, 0.15) is 63.8 Å². The summed E-state index contributed by atoms with van der Waals surface area (Å²) < 4.78 is 9.31. The lowest BCUT2D eigenvalue weighted by Gasteiger charge is -2.11. The van der Waals surface area contributed by atoms with Gasteiger partial charge in [0.25, 0.3) is 0 Å². The number of carbonyl (C=O) groups excluding carboxylic acids is 2. The maximum atomic E-state index is 10.9. The number of rotatable bonds is 9. The van der Waals surface area contributed by atoms with Gasteiger partial charge in [-0.3, -0.25) is 0 Å². The van der Waals surface area contributed by atoms with Crippen LogP contribution in [0, 0.1) is 0 Å². The van der Waals surface area contributed by atoms with Crippen molar-refractivity contribution in [2.75, 3.05) is 13.2 Å². The molecule has 0 amide bonds. The molecule has 0 aliphatic rings. The van der Waals surface area contributed by atoms with E-state index in [-0.39, 0.29) is 61.5 Å². The Bertz CT molecular complexity index is 373. The summed E-state index contributed by atoms with van der Waals surface area (Å²) in [6.07, 6.45) is 4.85. The molecular weight excluding hydrogens is 344 g/mol. The highest BCUT2D eigenvalue weighted by Gasteiger charge is 2.12. The quantitative estimate of drug-likeness (QED) is 0.229. The predicted octanol–water partition coefficient (Wildman–Crippen LogP) is 5.91. The number of unbranched alkanes of at least 4 members (excludes halogenated alkanes) is 1. The molecule has 0 radical (unpaired) electrons. The van der Waals surface area contributed by atoms with Gasteiger partial charge in [-0.2, -0.15) is 0 Å². The summed E-state index contributed by atoms with van der Waals surface area (Å²) in [5.41, 5.74) is 0.484. The Kier molecular flexibility index (Phi) is 47.1. The van der Waals surface area contributed by atoms with Crippen LogP contribution in [0.2, 0.25) is 0 Å². The third-order valence-electron chi connectivity index (χ3n) is 2.09. The second kappa shape index (κ2) is 28.7. The first-order valence-electron chi connectivity index (χ1n) is 6.81. The van der Waals surface area contributed by atoms with Gasteiger partial charge in [0, 0.05) is 11.1 Å². The number of esters is 2. The van der Waals surface area contributed by atoms with Crippen molar-refractivity contribution >= 4 is 11.9 Å². The lowest BCUT2D eigenvalue weighted by Crippen LogP contribution is -2.25. The van der Waals surface area contributed by atoms with E-state index >= 15 is 0 Å². The summed E-state index contributed by atoms with van der Waals surface area (Å²) in [4.78, 5) is 21.9. The second-order valence-electron chi connectivity index (χ2n) is 4.57. The van der Waals surface area contributed by atoms with Crippen molar-refractivity contribution in [2.24, 2.45) is 0 Å². The zero-order valence-electron chi connectivity index (χ0n) is 13.5. The van der Waals surface area contributed by atoms with Crippen molar-refractivity contribution in [1.82, 2.24) is 0 Å². The number of allylic oxidation sites excluding steroid dienone is 2. The third kappa shape index (κ3) is 32.1. The van der Waals surface area contributed by atoms with E-state index in [1.165, 1.54) is 13.8 Å². The average molecular weight is 391 g/mol. The highest BCUT2D eigenvalue weighted by molar-refractivity contribution is 5.87. The van der Waals surface area contributed by atoms with E-state index < -0.39 is 18.0 Å². The smallest absolute Gasteiger partial charge is 0.333 e. The minimum atomic E-state index is -1.05. The van der Waals surface area contributed by atoms with Crippen molar-refractivity contribution in [1.29, 1.82) is 0 Å². The van der Waals surface area contributed by atoms with Gasteiger partial charge in [-0.1, -0.05) is 62.4 Å². The third-order valence-corrected chi connectivity index (χ3v) is 2.09. The summed E-state index contributed by atoms with van der Waals surface area (Å²) in [7, 11) is 0. The van der Waals surface area contributed by atoms with E-state index in [1.54, 1.807) is 0 Å². The van der Waals surface area contributed by atoms with Crippen molar-refractivity contribution in [2.45, 2.75) is 69.9 Å². The van der Waals surface area contributed by atoms with Crippen LogP contribution >= 0.6 is 0 Å². The largest absolute Gasteiger partial charge is 0.459 e. The SMILES string of the molecule is C.C.C.C.C.C=C(C)C(=O)OCC(O)COC(=O)C(=C)C.C=CCCC=C. The van der Waals surface area contributed by atoms with Crippen LogP contribution in [-0.4, -0.2) is 36.4 Å². The Morgan fingerprint density at radius 3 is 1.26 bits per heavy atom. The number of hydrogen-bond acceptors (Lipinski definition) is 5. The average Bonchev–Trinajstić information content (AvgIpc) is 2.48. The molecule has 1 N–H and O–H groups in total. The molecule has 0 spiro atoms.